The van der Waals surface area contributed by atoms with Crippen LogP contribution in [0.2, 0.25) is 0 Å². The standard InChI is InChI=1S/C16H18N4O4S/c1-4-5-13-17-18-14(23-13)9-25-16-20-19-15(24-16)10-6-11(21-2)8-12(7-10)22-3/h6-8H,4-5,9H2,1-3H3. The highest BCUT2D eigenvalue weighted by Gasteiger charge is 2.13. The van der Waals surface area contributed by atoms with E-state index in [0.717, 1.165) is 18.4 Å². The van der Waals surface area contributed by atoms with Gasteiger partial charge in [-0.2, -0.15) is 0 Å². The van der Waals surface area contributed by atoms with Crippen LogP contribution in [0.3, 0.4) is 0 Å². The molecule has 3 aromatic rings. The Morgan fingerprint density at radius 3 is 2.32 bits per heavy atom. The second kappa shape index (κ2) is 8.02. The molecule has 0 radical (unpaired) electrons. The molecule has 9 heteroatoms. The van der Waals surface area contributed by atoms with E-state index in [1.807, 2.05) is 0 Å². The summed E-state index contributed by atoms with van der Waals surface area (Å²) in [6.07, 6.45) is 1.74. The molecule has 3 rings (SSSR count). The van der Waals surface area contributed by atoms with Crippen molar-refractivity contribution in [1.82, 2.24) is 20.4 Å². The molecule has 0 N–H and O–H groups in total. The van der Waals surface area contributed by atoms with Crippen LogP contribution in [0.1, 0.15) is 25.1 Å². The number of thioether (sulfide) groups is 1. The molecule has 0 aliphatic rings. The molecule has 0 unspecified atom stereocenters. The molecule has 0 aliphatic carbocycles. The molecule has 0 saturated heterocycles. The summed E-state index contributed by atoms with van der Waals surface area (Å²) in [4.78, 5) is 0. The molecule has 0 fully saturated rings. The van der Waals surface area contributed by atoms with Crippen molar-refractivity contribution >= 4 is 11.8 Å². The number of hydrogen-bond donors (Lipinski definition) is 0. The Morgan fingerprint density at radius 1 is 0.920 bits per heavy atom. The van der Waals surface area contributed by atoms with Gasteiger partial charge in [0.2, 0.25) is 17.7 Å². The molecule has 0 saturated carbocycles. The van der Waals surface area contributed by atoms with E-state index in [1.165, 1.54) is 11.8 Å². The summed E-state index contributed by atoms with van der Waals surface area (Å²) < 4.78 is 21.7. The lowest BCUT2D eigenvalue weighted by Crippen LogP contribution is -1.88. The molecule has 0 bridgehead atoms. The molecule has 0 atom stereocenters. The molecule has 25 heavy (non-hydrogen) atoms. The molecule has 1 aromatic carbocycles. The van der Waals surface area contributed by atoms with Gasteiger partial charge >= 0.3 is 0 Å². The lowest BCUT2D eigenvalue weighted by molar-refractivity contribution is 0.394. The molecule has 0 spiro atoms. The SMILES string of the molecule is CCCc1nnc(CSc2nnc(-c3cc(OC)cc(OC)c3)o2)o1. The normalized spacial score (nSPS) is 10.8. The van der Waals surface area contributed by atoms with Gasteiger partial charge in [0.1, 0.15) is 11.5 Å². The number of hydrogen-bond acceptors (Lipinski definition) is 9. The Labute approximate surface area is 148 Å². The molecular weight excluding hydrogens is 344 g/mol. The average molecular weight is 362 g/mol. The summed E-state index contributed by atoms with van der Waals surface area (Å²) in [5, 5.41) is 16.5. The van der Waals surface area contributed by atoms with Crippen molar-refractivity contribution in [2.45, 2.75) is 30.7 Å². The highest BCUT2D eigenvalue weighted by Crippen LogP contribution is 2.31. The first-order valence-corrected chi connectivity index (χ1v) is 8.71. The van der Waals surface area contributed by atoms with Gasteiger partial charge in [-0.1, -0.05) is 18.7 Å². The molecule has 132 valence electrons. The topological polar surface area (TPSA) is 96.3 Å². The molecule has 8 nitrogen and oxygen atoms in total. The first-order valence-electron chi connectivity index (χ1n) is 7.72. The van der Waals surface area contributed by atoms with Gasteiger partial charge in [0.05, 0.1) is 20.0 Å². The van der Waals surface area contributed by atoms with Crippen molar-refractivity contribution < 1.29 is 18.3 Å². The van der Waals surface area contributed by atoms with E-state index in [9.17, 15) is 0 Å². The van der Waals surface area contributed by atoms with Crippen LogP contribution < -0.4 is 9.47 Å². The lowest BCUT2D eigenvalue weighted by Gasteiger charge is -2.05. The van der Waals surface area contributed by atoms with Gasteiger partial charge in [0.15, 0.2) is 0 Å². The van der Waals surface area contributed by atoms with Crippen LogP contribution >= 0.6 is 11.8 Å². The summed E-state index contributed by atoms with van der Waals surface area (Å²) in [5.74, 6) is 3.34. The van der Waals surface area contributed by atoms with E-state index in [1.54, 1.807) is 32.4 Å². The van der Waals surface area contributed by atoms with Crippen molar-refractivity contribution in [3.63, 3.8) is 0 Å². The lowest BCUT2D eigenvalue weighted by atomic mass is 10.2. The number of aromatic nitrogens is 4. The summed E-state index contributed by atoms with van der Waals surface area (Å²) in [5.41, 5.74) is 0.721. The zero-order valence-corrected chi connectivity index (χ0v) is 15.0. The summed E-state index contributed by atoms with van der Waals surface area (Å²) in [6.45, 7) is 2.06. The monoisotopic (exact) mass is 362 g/mol. The van der Waals surface area contributed by atoms with Gasteiger partial charge in [0.25, 0.3) is 5.22 Å². The van der Waals surface area contributed by atoms with Crippen molar-refractivity contribution in [2.75, 3.05) is 14.2 Å². The van der Waals surface area contributed by atoms with Gasteiger partial charge in [-0.25, -0.2) is 0 Å². The van der Waals surface area contributed by atoms with E-state index in [4.69, 9.17) is 18.3 Å². The van der Waals surface area contributed by atoms with E-state index in [-0.39, 0.29) is 0 Å². The third kappa shape index (κ3) is 4.30. The summed E-state index contributed by atoms with van der Waals surface area (Å²) in [6, 6.07) is 5.39. The zero-order chi connectivity index (χ0) is 17.6. The van der Waals surface area contributed by atoms with Crippen LogP contribution in [-0.4, -0.2) is 34.6 Å². The quantitative estimate of drug-likeness (QED) is 0.559. The average Bonchev–Trinajstić information content (AvgIpc) is 3.29. The van der Waals surface area contributed by atoms with Gasteiger partial charge in [-0.3, -0.25) is 0 Å². The van der Waals surface area contributed by atoms with Gasteiger partial charge in [-0.15, -0.1) is 20.4 Å². The van der Waals surface area contributed by atoms with Crippen molar-refractivity contribution in [2.24, 2.45) is 0 Å². The predicted molar refractivity (Wildman–Crippen MR) is 90.7 cm³/mol. The number of benzene rings is 1. The van der Waals surface area contributed by atoms with Crippen molar-refractivity contribution in [3.05, 3.63) is 30.0 Å². The highest BCUT2D eigenvalue weighted by atomic mass is 32.2. The number of methoxy groups -OCH3 is 2. The highest BCUT2D eigenvalue weighted by molar-refractivity contribution is 7.98. The third-order valence-corrected chi connectivity index (χ3v) is 4.10. The summed E-state index contributed by atoms with van der Waals surface area (Å²) >= 11 is 1.34. The molecule has 0 aliphatic heterocycles. The second-order valence-electron chi connectivity index (χ2n) is 5.10. The number of rotatable bonds is 8. The molecule has 2 aromatic heterocycles. The van der Waals surface area contributed by atoms with Crippen LogP contribution in [0.5, 0.6) is 11.5 Å². The fourth-order valence-corrected chi connectivity index (χ4v) is 2.70. The van der Waals surface area contributed by atoms with E-state index in [2.05, 4.69) is 27.3 Å². The predicted octanol–water partition coefficient (Wildman–Crippen LogP) is 3.38. The fraction of sp³-hybridized carbons (Fsp3) is 0.375. The minimum absolute atomic E-state index is 0.386. The maximum Gasteiger partial charge on any atom is 0.277 e. The molecule has 0 amide bonds. The smallest absolute Gasteiger partial charge is 0.277 e. The summed E-state index contributed by atoms with van der Waals surface area (Å²) in [7, 11) is 3.18. The Kier molecular flexibility index (Phi) is 5.54. The molecule has 2 heterocycles. The Balaban J connectivity index is 1.69. The first kappa shape index (κ1) is 17.3. The Bertz CT molecular complexity index is 811. The van der Waals surface area contributed by atoms with Crippen LogP contribution in [0.4, 0.5) is 0 Å². The van der Waals surface area contributed by atoms with Gasteiger partial charge in [0, 0.05) is 18.1 Å². The van der Waals surface area contributed by atoms with Crippen LogP contribution in [0.25, 0.3) is 11.5 Å². The van der Waals surface area contributed by atoms with Gasteiger partial charge in [-0.05, 0) is 18.6 Å². The second-order valence-corrected chi connectivity index (χ2v) is 6.03. The maximum absolute atomic E-state index is 5.68. The number of ether oxygens (including phenoxy) is 2. The molecular formula is C16H18N4O4S. The fourth-order valence-electron chi connectivity index (χ4n) is 2.10. The minimum Gasteiger partial charge on any atom is -0.497 e. The first-order chi connectivity index (χ1) is 12.2. The zero-order valence-electron chi connectivity index (χ0n) is 14.2. The van der Waals surface area contributed by atoms with Crippen molar-refractivity contribution in [1.29, 1.82) is 0 Å². The van der Waals surface area contributed by atoms with Crippen LogP contribution in [0.15, 0.2) is 32.3 Å². The van der Waals surface area contributed by atoms with Crippen LogP contribution in [0, 0.1) is 0 Å². The Morgan fingerprint density at radius 2 is 1.64 bits per heavy atom. The maximum atomic E-state index is 5.68. The number of aryl methyl sites for hydroxylation is 1. The van der Waals surface area contributed by atoms with E-state index >= 15 is 0 Å². The van der Waals surface area contributed by atoms with Gasteiger partial charge < -0.3 is 18.3 Å². The third-order valence-electron chi connectivity index (χ3n) is 3.30. The van der Waals surface area contributed by atoms with E-state index < -0.39 is 0 Å². The largest absolute Gasteiger partial charge is 0.497 e. The van der Waals surface area contributed by atoms with E-state index in [0.29, 0.717) is 40.1 Å². The van der Waals surface area contributed by atoms with Crippen LogP contribution in [-0.2, 0) is 12.2 Å². The minimum atomic E-state index is 0.386. The Hall–Kier alpha value is -2.55. The number of nitrogens with zero attached hydrogens (tertiary/aromatic N) is 4. The van der Waals surface area contributed by atoms with Crippen molar-refractivity contribution in [3.8, 4) is 23.0 Å².